The van der Waals surface area contributed by atoms with E-state index in [4.69, 9.17) is 0 Å². The normalized spacial score (nSPS) is 11.3. The Hall–Kier alpha value is -2.42. The minimum atomic E-state index is -1.08. The van der Waals surface area contributed by atoms with E-state index >= 15 is 0 Å². The van der Waals surface area contributed by atoms with E-state index in [1.807, 2.05) is 0 Å². The quantitative estimate of drug-likeness (QED) is 0.661. The minimum Gasteiger partial charge on any atom is -0.478 e. The second kappa shape index (κ2) is 5.27. The van der Waals surface area contributed by atoms with Crippen molar-refractivity contribution in [3.05, 3.63) is 71.5 Å². The summed E-state index contributed by atoms with van der Waals surface area (Å²) in [5.74, 6) is -1.52. The number of halogens is 1. The third kappa shape index (κ3) is 2.63. The lowest BCUT2D eigenvalue weighted by atomic mass is 10.0. The lowest BCUT2D eigenvalue weighted by Gasteiger charge is -2.03. The molecule has 1 N–H and O–H groups in total. The van der Waals surface area contributed by atoms with E-state index in [1.54, 1.807) is 48.5 Å². The summed E-state index contributed by atoms with van der Waals surface area (Å²) in [6.07, 6.45) is 1.34. The molecule has 2 aromatic rings. The molecule has 0 unspecified atom stereocenters. The van der Waals surface area contributed by atoms with Crippen LogP contribution in [0.2, 0.25) is 0 Å². The molecule has 3 heteroatoms. The number of carboxylic acids is 1. The summed E-state index contributed by atoms with van der Waals surface area (Å²) < 4.78 is 13.5. The molecule has 0 aliphatic heterocycles. The third-order valence-corrected chi connectivity index (χ3v) is 2.52. The van der Waals surface area contributed by atoms with Gasteiger partial charge in [-0.1, -0.05) is 48.5 Å². The standard InChI is InChI=1S/C15H11FO2/c16-14-9-5-4-8-12(14)10-13(15(17)18)11-6-2-1-3-7-11/h1-10H,(H,17,18)/b13-10-. The van der Waals surface area contributed by atoms with E-state index in [1.165, 1.54) is 12.1 Å². The van der Waals surface area contributed by atoms with Gasteiger partial charge in [-0.15, -0.1) is 0 Å². The molecule has 0 fully saturated rings. The Kier molecular flexibility index (Phi) is 3.53. The fraction of sp³-hybridized carbons (Fsp3) is 0. The molecule has 18 heavy (non-hydrogen) atoms. The molecular weight excluding hydrogens is 231 g/mol. The van der Waals surface area contributed by atoms with Gasteiger partial charge in [0.15, 0.2) is 0 Å². The summed E-state index contributed by atoms with van der Waals surface area (Å²) in [6.45, 7) is 0. The molecule has 0 bridgehead atoms. The highest BCUT2D eigenvalue weighted by molar-refractivity contribution is 6.20. The Morgan fingerprint density at radius 3 is 2.22 bits per heavy atom. The summed E-state index contributed by atoms with van der Waals surface area (Å²) in [7, 11) is 0. The van der Waals surface area contributed by atoms with E-state index < -0.39 is 11.8 Å². The Bertz CT molecular complexity index is 588. The van der Waals surface area contributed by atoms with Crippen molar-refractivity contribution < 1.29 is 14.3 Å². The smallest absolute Gasteiger partial charge is 0.336 e. The molecule has 0 atom stereocenters. The molecule has 0 heterocycles. The average molecular weight is 242 g/mol. The lowest BCUT2D eigenvalue weighted by molar-refractivity contribution is -0.130. The van der Waals surface area contributed by atoms with E-state index in [0.29, 0.717) is 5.56 Å². The van der Waals surface area contributed by atoms with E-state index in [0.717, 1.165) is 0 Å². The highest BCUT2D eigenvalue weighted by Crippen LogP contribution is 2.19. The molecule has 0 aliphatic rings. The van der Waals surface area contributed by atoms with Gasteiger partial charge in [-0.25, -0.2) is 9.18 Å². The van der Waals surface area contributed by atoms with Crippen molar-refractivity contribution in [2.45, 2.75) is 0 Å². The predicted molar refractivity (Wildman–Crippen MR) is 68.3 cm³/mol. The Balaban J connectivity index is 2.50. The Labute approximate surface area is 104 Å². The highest BCUT2D eigenvalue weighted by Gasteiger charge is 2.10. The van der Waals surface area contributed by atoms with Crippen LogP contribution in [0.5, 0.6) is 0 Å². The van der Waals surface area contributed by atoms with Gasteiger partial charge in [0.05, 0.1) is 5.57 Å². The fourth-order valence-corrected chi connectivity index (χ4v) is 1.63. The van der Waals surface area contributed by atoms with Crippen molar-refractivity contribution >= 4 is 17.6 Å². The van der Waals surface area contributed by atoms with Crippen LogP contribution < -0.4 is 0 Å². The van der Waals surface area contributed by atoms with Crippen LogP contribution in [-0.4, -0.2) is 11.1 Å². The van der Waals surface area contributed by atoms with Gasteiger partial charge in [-0.3, -0.25) is 0 Å². The van der Waals surface area contributed by atoms with Crippen LogP contribution >= 0.6 is 0 Å². The van der Waals surface area contributed by atoms with Gasteiger partial charge in [0.2, 0.25) is 0 Å². The van der Waals surface area contributed by atoms with Crippen molar-refractivity contribution in [2.75, 3.05) is 0 Å². The predicted octanol–water partition coefficient (Wildman–Crippen LogP) is 3.45. The van der Waals surface area contributed by atoms with Crippen LogP contribution in [0.15, 0.2) is 54.6 Å². The molecule has 0 saturated carbocycles. The van der Waals surface area contributed by atoms with Crippen LogP contribution in [0.3, 0.4) is 0 Å². The van der Waals surface area contributed by atoms with Crippen molar-refractivity contribution in [2.24, 2.45) is 0 Å². The van der Waals surface area contributed by atoms with Crippen LogP contribution in [0, 0.1) is 5.82 Å². The molecule has 2 rings (SSSR count). The monoisotopic (exact) mass is 242 g/mol. The number of hydrogen-bond acceptors (Lipinski definition) is 1. The zero-order valence-electron chi connectivity index (χ0n) is 9.51. The molecular formula is C15H11FO2. The van der Waals surface area contributed by atoms with Crippen LogP contribution in [-0.2, 0) is 4.79 Å². The van der Waals surface area contributed by atoms with Gasteiger partial charge in [0, 0.05) is 5.56 Å². The minimum absolute atomic E-state index is 0.0701. The Morgan fingerprint density at radius 1 is 1.00 bits per heavy atom. The van der Waals surface area contributed by atoms with Gasteiger partial charge in [0.1, 0.15) is 5.82 Å². The van der Waals surface area contributed by atoms with Crippen LogP contribution in [0.4, 0.5) is 4.39 Å². The van der Waals surface area contributed by atoms with Crippen LogP contribution in [0.1, 0.15) is 11.1 Å². The molecule has 0 saturated heterocycles. The number of benzene rings is 2. The zero-order chi connectivity index (χ0) is 13.0. The summed E-state index contributed by atoms with van der Waals surface area (Å²) in [5, 5.41) is 9.19. The number of aliphatic carboxylic acids is 1. The molecule has 2 aromatic carbocycles. The Morgan fingerprint density at radius 2 is 1.61 bits per heavy atom. The van der Waals surface area contributed by atoms with Gasteiger partial charge in [-0.2, -0.15) is 0 Å². The number of carbonyl (C=O) groups is 1. The van der Waals surface area contributed by atoms with Crippen molar-refractivity contribution in [3.8, 4) is 0 Å². The molecule has 90 valence electrons. The average Bonchev–Trinajstić information content (AvgIpc) is 2.38. The molecule has 0 amide bonds. The molecule has 2 nitrogen and oxygen atoms in total. The van der Waals surface area contributed by atoms with Crippen molar-refractivity contribution in [1.82, 2.24) is 0 Å². The topological polar surface area (TPSA) is 37.3 Å². The third-order valence-electron chi connectivity index (χ3n) is 2.52. The first-order valence-electron chi connectivity index (χ1n) is 5.43. The lowest BCUT2D eigenvalue weighted by Crippen LogP contribution is -1.99. The largest absolute Gasteiger partial charge is 0.478 e. The summed E-state index contributed by atoms with van der Waals surface area (Å²) >= 11 is 0. The summed E-state index contributed by atoms with van der Waals surface area (Å²) in [4.78, 5) is 11.2. The van der Waals surface area contributed by atoms with E-state index in [9.17, 15) is 14.3 Å². The molecule has 0 spiro atoms. The maximum Gasteiger partial charge on any atom is 0.336 e. The number of carboxylic acid groups (broad SMARTS) is 1. The number of rotatable bonds is 3. The summed E-state index contributed by atoms with van der Waals surface area (Å²) in [6, 6.07) is 14.7. The highest BCUT2D eigenvalue weighted by atomic mass is 19.1. The second-order valence-electron chi connectivity index (χ2n) is 3.75. The maximum absolute atomic E-state index is 13.5. The first-order chi connectivity index (χ1) is 8.68. The molecule has 0 aliphatic carbocycles. The van der Waals surface area contributed by atoms with E-state index in [-0.39, 0.29) is 11.1 Å². The first kappa shape index (κ1) is 12.0. The van der Waals surface area contributed by atoms with Crippen molar-refractivity contribution in [1.29, 1.82) is 0 Å². The maximum atomic E-state index is 13.5. The number of hydrogen-bond donors (Lipinski definition) is 1. The summed E-state index contributed by atoms with van der Waals surface area (Å²) in [5.41, 5.74) is 0.882. The SMILES string of the molecule is O=C(O)/C(=C\c1ccccc1F)c1ccccc1. The fourth-order valence-electron chi connectivity index (χ4n) is 1.63. The molecule has 0 radical (unpaired) electrons. The van der Waals surface area contributed by atoms with Gasteiger partial charge in [0.25, 0.3) is 0 Å². The van der Waals surface area contributed by atoms with Crippen molar-refractivity contribution in [3.63, 3.8) is 0 Å². The van der Waals surface area contributed by atoms with Crippen LogP contribution in [0.25, 0.3) is 11.6 Å². The zero-order valence-corrected chi connectivity index (χ0v) is 9.51. The van der Waals surface area contributed by atoms with Gasteiger partial charge >= 0.3 is 5.97 Å². The van der Waals surface area contributed by atoms with Gasteiger partial charge in [-0.05, 0) is 17.7 Å². The van der Waals surface area contributed by atoms with Gasteiger partial charge < -0.3 is 5.11 Å². The second-order valence-corrected chi connectivity index (χ2v) is 3.75. The van der Waals surface area contributed by atoms with E-state index in [2.05, 4.69) is 0 Å². The first-order valence-corrected chi connectivity index (χ1v) is 5.43. The molecule has 0 aromatic heterocycles.